The maximum absolute atomic E-state index is 11.4. The van der Waals surface area contributed by atoms with Gasteiger partial charge in [-0.1, -0.05) is 0 Å². The molecule has 0 radical (unpaired) electrons. The summed E-state index contributed by atoms with van der Waals surface area (Å²) in [7, 11) is 1.38. The summed E-state index contributed by atoms with van der Waals surface area (Å²) >= 11 is 0. The maximum Gasteiger partial charge on any atom is 0.176 e. The second-order valence-electron chi connectivity index (χ2n) is 3.47. The molecule has 4 nitrogen and oxygen atoms in total. The van der Waals surface area contributed by atoms with Gasteiger partial charge in [0, 0.05) is 20.0 Å². The van der Waals surface area contributed by atoms with E-state index >= 15 is 0 Å². The summed E-state index contributed by atoms with van der Waals surface area (Å²) in [6.45, 7) is -0.151. The first-order chi connectivity index (χ1) is 6.66. The fraction of sp³-hybridized carbons (Fsp3) is 0.700. The highest BCUT2D eigenvalue weighted by molar-refractivity contribution is 6.19. The van der Waals surface area contributed by atoms with Gasteiger partial charge in [0.1, 0.15) is 12.5 Å². The molecule has 1 aliphatic rings. The zero-order valence-electron chi connectivity index (χ0n) is 8.25. The summed E-state index contributed by atoms with van der Waals surface area (Å²) < 4.78 is 4.64. The van der Waals surface area contributed by atoms with E-state index in [0.717, 1.165) is 0 Å². The van der Waals surface area contributed by atoms with Gasteiger partial charge < -0.3 is 4.74 Å². The fourth-order valence-corrected chi connectivity index (χ4v) is 1.65. The van der Waals surface area contributed by atoms with E-state index in [2.05, 4.69) is 4.74 Å². The molecule has 0 aromatic carbocycles. The van der Waals surface area contributed by atoms with Crippen LogP contribution >= 0.6 is 0 Å². The van der Waals surface area contributed by atoms with Crippen LogP contribution in [0, 0.1) is 5.92 Å². The van der Waals surface area contributed by atoms with Crippen LogP contribution in [0.5, 0.6) is 0 Å². The minimum absolute atomic E-state index is 0.151. The number of rotatable bonds is 3. The van der Waals surface area contributed by atoms with E-state index in [-0.39, 0.29) is 18.2 Å². The lowest BCUT2D eigenvalue weighted by Crippen LogP contribution is -2.32. The lowest BCUT2D eigenvalue weighted by Gasteiger charge is -2.09. The van der Waals surface area contributed by atoms with Gasteiger partial charge in [-0.3, -0.25) is 14.4 Å². The topological polar surface area (TPSA) is 60.4 Å². The molecule has 14 heavy (non-hydrogen) atoms. The Labute approximate surface area is 82.6 Å². The molecule has 0 aromatic rings. The highest BCUT2D eigenvalue weighted by Crippen LogP contribution is 2.17. The Balaban J connectivity index is 2.74. The van der Waals surface area contributed by atoms with Crippen molar-refractivity contribution in [3.63, 3.8) is 0 Å². The Hall–Kier alpha value is -1.03. The highest BCUT2D eigenvalue weighted by Gasteiger charge is 2.33. The van der Waals surface area contributed by atoms with Crippen molar-refractivity contribution in [1.29, 1.82) is 0 Å². The number of carbonyl (C=O) groups excluding carboxylic acids is 3. The predicted molar refractivity (Wildman–Crippen MR) is 48.9 cm³/mol. The van der Waals surface area contributed by atoms with Crippen molar-refractivity contribution in [2.75, 3.05) is 13.7 Å². The summed E-state index contributed by atoms with van der Waals surface area (Å²) in [5.41, 5.74) is 0. The summed E-state index contributed by atoms with van der Waals surface area (Å²) in [5.74, 6) is -1.93. The Kier molecular flexibility index (Phi) is 3.95. The lowest BCUT2D eigenvalue weighted by molar-refractivity contribution is -0.141. The molecule has 1 saturated carbocycles. The number of hydrogen-bond donors (Lipinski definition) is 0. The molecule has 0 spiro atoms. The lowest BCUT2D eigenvalue weighted by atomic mass is 9.93. The van der Waals surface area contributed by atoms with E-state index < -0.39 is 11.7 Å². The smallest absolute Gasteiger partial charge is 0.176 e. The van der Waals surface area contributed by atoms with Gasteiger partial charge in [-0.25, -0.2) is 0 Å². The summed E-state index contributed by atoms with van der Waals surface area (Å²) in [5, 5.41) is 0. The van der Waals surface area contributed by atoms with E-state index in [1.54, 1.807) is 0 Å². The fourth-order valence-electron chi connectivity index (χ4n) is 1.65. The Morgan fingerprint density at radius 2 is 1.79 bits per heavy atom. The van der Waals surface area contributed by atoms with Gasteiger partial charge >= 0.3 is 0 Å². The maximum atomic E-state index is 11.4. The number of Topliss-reactive ketones (excluding diaryl/α,β-unsaturated/α-hetero) is 3. The third kappa shape index (κ3) is 2.48. The quantitative estimate of drug-likeness (QED) is 0.490. The van der Waals surface area contributed by atoms with Gasteiger partial charge in [-0.05, 0) is 12.8 Å². The normalized spacial score (nSPS) is 19.5. The van der Waals surface area contributed by atoms with Crippen LogP contribution in [0.25, 0.3) is 0 Å². The van der Waals surface area contributed by atoms with Crippen molar-refractivity contribution in [3.8, 4) is 0 Å². The molecule has 78 valence electrons. The SMILES string of the molecule is COCC(=O)C1C(=O)CCCCC1=O. The molecule has 1 fully saturated rings. The Morgan fingerprint density at radius 3 is 2.21 bits per heavy atom. The summed E-state index contributed by atoms with van der Waals surface area (Å²) in [4.78, 5) is 34.3. The molecule has 1 rings (SSSR count). The van der Waals surface area contributed by atoms with Gasteiger partial charge in [0.2, 0.25) is 0 Å². The van der Waals surface area contributed by atoms with E-state index in [9.17, 15) is 14.4 Å². The van der Waals surface area contributed by atoms with Gasteiger partial charge in [0.15, 0.2) is 17.3 Å². The number of methoxy groups -OCH3 is 1. The molecule has 0 amide bonds. The van der Waals surface area contributed by atoms with Crippen molar-refractivity contribution in [3.05, 3.63) is 0 Å². The zero-order valence-corrected chi connectivity index (χ0v) is 8.25. The first kappa shape index (κ1) is 11.0. The number of carbonyl (C=O) groups is 3. The average Bonchev–Trinajstić information content (AvgIpc) is 2.28. The van der Waals surface area contributed by atoms with Crippen molar-refractivity contribution in [2.24, 2.45) is 5.92 Å². The van der Waals surface area contributed by atoms with E-state index in [0.29, 0.717) is 25.7 Å². The van der Waals surface area contributed by atoms with Gasteiger partial charge in [-0.15, -0.1) is 0 Å². The van der Waals surface area contributed by atoms with Crippen LogP contribution in [-0.2, 0) is 19.1 Å². The molecule has 0 aliphatic heterocycles. The predicted octanol–water partition coefficient (Wildman–Crippen LogP) is 0.530. The Morgan fingerprint density at radius 1 is 1.29 bits per heavy atom. The second kappa shape index (κ2) is 5.00. The molecule has 0 aromatic heterocycles. The van der Waals surface area contributed by atoms with Crippen LogP contribution in [0.3, 0.4) is 0 Å². The van der Waals surface area contributed by atoms with Crippen LogP contribution in [-0.4, -0.2) is 31.1 Å². The third-order valence-corrected chi connectivity index (χ3v) is 2.35. The molecular formula is C10H14O4. The van der Waals surface area contributed by atoms with Crippen molar-refractivity contribution < 1.29 is 19.1 Å². The summed E-state index contributed by atoms with van der Waals surface area (Å²) in [6, 6.07) is 0. The Bertz CT molecular complexity index is 239. The monoisotopic (exact) mass is 198 g/mol. The minimum atomic E-state index is -1.04. The molecule has 4 heteroatoms. The zero-order chi connectivity index (χ0) is 10.6. The van der Waals surface area contributed by atoms with Crippen molar-refractivity contribution >= 4 is 17.3 Å². The van der Waals surface area contributed by atoms with E-state index in [1.807, 2.05) is 0 Å². The molecule has 0 heterocycles. The molecule has 0 atom stereocenters. The minimum Gasteiger partial charge on any atom is -0.377 e. The van der Waals surface area contributed by atoms with Gasteiger partial charge in [0.05, 0.1) is 0 Å². The van der Waals surface area contributed by atoms with Gasteiger partial charge in [-0.2, -0.15) is 0 Å². The van der Waals surface area contributed by atoms with Crippen LogP contribution < -0.4 is 0 Å². The number of ether oxygens (including phenoxy) is 1. The number of ketones is 3. The molecule has 0 N–H and O–H groups in total. The second-order valence-corrected chi connectivity index (χ2v) is 3.47. The first-order valence-electron chi connectivity index (χ1n) is 4.74. The number of hydrogen-bond acceptors (Lipinski definition) is 4. The molecule has 0 bridgehead atoms. The van der Waals surface area contributed by atoms with E-state index in [1.165, 1.54) is 7.11 Å². The molecular weight excluding hydrogens is 184 g/mol. The van der Waals surface area contributed by atoms with E-state index in [4.69, 9.17) is 0 Å². The first-order valence-corrected chi connectivity index (χ1v) is 4.74. The largest absolute Gasteiger partial charge is 0.377 e. The molecule has 0 unspecified atom stereocenters. The van der Waals surface area contributed by atoms with Crippen molar-refractivity contribution in [1.82, 2.24) is 0 Å². The van der Waals surface area contributed by atoms with Crippen molar-refractivity contribution in [2.45, 2.75) is 25.7 Å². The van der Waals surface area contributed by atoms with Crippen LogP contribution in [0.1, 0.15) is 25.7 Å². The molecule has 1 aliphatic carbocycles. The molecule has 0 saturated heterocycles. The summed E-state index contributed by atoms with van der Waals surface area (Å²) in [6.07, 6.45) is 2.10. The standard InChI is InChI=1S/C10H14O4/c1-14-6-9(13)10-7(11)4-2-3-5-8(10)12/h10H,2-6H2,1H3. The van der Waals surface area contributed by atoms with Gasteiger partial charge in [0.25, 0.3) is 0 Å². The third-order valence-electron chi connectivity index (χ3n) is 2.35. The average molecular weight is 198 g/mol. The van der Waals surface area contributed by atoms with Crippen LogP contribution in [0.4, 0.5) is 0 Å². The van der Waals surface area contributed by atoms with Crippen LogP contribution in [0.15, 0.2) is 0 Å². The highest BCUT2D eigenvalue weighted by atomic mass is 16.5. The van der Waals surface area contributed by atoms with Crippen LogP contribution in [0.2, 0.25) is 0 Å².